The minimum absolute atomic E-state index is 0.365. The van der Waals surface area contributed by atoms with Crippen molar-refractivity contribution in [3.63, 3.8) is 0 Å². The molecule has 9 heteroatoms. The second-order valence-corrected chi connectivity index (χ2v) is 7.65. The summed E-state index contributed by atoms with van der Waals surface area (Å²) in [4.78, 5) is 10.6. The Labute approximate surface area is 166 Å². The molecule has 0 radical (unpaired) electrons. The molecule has 4 aromatic rings. The van der Waals surface area contributed by atoms with E-state index < -0.39 is 0 Å². The van der Waals surface area contributed by atoms with Crippen molar-refractivity contribution in [3.8, 4) is 22.1 Å². The molecule has 4 N–H and O–H groups in total. The van der Waals surface area contributed by atoms with Gasteiger partial charge in [-0.3, -0.25) is 9.36 Å². The van der Waals surface area contributed by atoms with Crippen molar-refractivity contribution in [2.75, 3.05) is 0 Å². The Morgan fingerprint density at radius 2 is 2.04 bits per heavy atom. The second-order valence-electron chi connectivity index (χ2n) is 6.56. The molecule has 4 aromatic heterocycles. The summed E-state index contributed by atoms with van der Waals surface area (Å²) < 4.78 is 3.74. The van der Waals surface area contributed by atoms with Crippen LogP contribution in [0.1, 0.15) is 23.2 Å². The SMILES string of the molecule is C=C(N)c1cc2c(cnn2C)c(-c2nc(-c3cc(C)nn3CC)sc2CN)n1. The van der Waals surface area contributed by atoms with Crippen LogP contribution in [0.4, 0.5) is 0 Å². The Morgan fingerprint density at radius 3 is 2.71 bits per heavy atom. The van der Waals surface area contributed by atoms with Crippen LogP contribution in [0, 0.1) is 6.92 Å². The van der Waals surface area contributed by atoms with Gasteiger partial charge in [0.1, 0.15) is 16.4 Å². The van der Waals surface area contributed by atoms with E-state index in [9.17, 15) is 0 Å². The highest BCUT2D eigenvalue weighted by atomic mass is 32.1. The molecule has 4 rings (SSSR count). The van der Waals surface area contributed by atoms with Gasteiger partial charge in [0.15, 0.2) is 0 Å². The summed E-state index contributed by atoms with van der Waals surface area (Å²) in [6, 6.07) is 3.93. The minimum atomic E-state index is 0.365. The van der Waals surface area contributed by atoms with Gasteiger partial charge in [0.25, 0.3) is 0 Å². The Hall–Kier alpha value is -3.04. The highest BCUT2D eigenvalue weighted by Crippen LogP contribution is 2.36. The van der Waals surface area contributed by atoms with E-state index in [-0.39, 0.29) is 0 Å². The van der Waals surface area contributed by atoms with Gasteiger partial charge in [0.05, 0.1) is 34.5 Å². The van der Waals surface area contributed by atoms with E-state index in [1.807, 2.05) is 30.8 Å². The summed E-state index contributed by atoms with van der Waals surface area (Å²) in [6.45, 7) is 9.00. The van der Waals surface area contributed by atoms with E-state index in [4.69, 9.17) is 21.4 Å². The van der Waals surface area contributed by atoms with Crippen molar-refractivity contribution >= 4 is 27.9 Å². The van der Waals surface area contributed by atoms with Crippen molar-refractivity contribution in [1.82, 2.24) is 29.5 Å². The van der Waals surface area contributed by atoms with Crippen LogP contribution >= 0.6 is 11.3 Å². The molecular weight excluding hydrogens is 372 g/mol. The first kappa shape index (κ1) is 18.3. The number of nitrogens with two attached hydrogens (primary N) is 2. The first-order chi connectivity index (χ1) is 13.4. The van der Waals surface area contributed by atoms with Gasteiger partial charge in [0.2, 0.25) is 0 Å². The Kier molecular flexibility index (Phi) is 4.48. The maximum Gasteiger partial charge on any atom is 0.142 e. The summed E-state index contributed by atoms with van der Waals surface area (Å²) in [5.74, 6) is 0. The summed E-state index contributed by atoms with van der Waals surface area (Å²) >= 11 is 1.56. The normalized spacial score (nSPS) is 11.4. The maximum atomic E-state index is 6.06. The number of hydrogen-bond acceptors (Lipinski definition) is 7. The third-order valence-electron chi connectivity index (χ3n) is 4.60. The van der Waals surface area contributed by atoms with Crippen LogP contribution in [0.15, 0.2) is 24.9 Å². The predicted octanol–water partition coefficient (Wildman–Crippen LogP) is 2.67. The minimum Gasteiger partial charge on any atom is -0.397 e. The average molecular weight is 395 g/mol. The van der Waals surface area contributed by atoms with Crippen molar-refractivity contribution in [3.05, 3.63) is 41.2 Å². The standard InChI is InChI=1S/C19H22N8S/c1-5-27-15(6-10(2)25-27)19-24-18(16(8-20)28-19)17-12-9-22-26(4)14(12)7-13(23-17)11(3)21/h6-7,9H,3,5,8,20-21H2,1-2,4H3. The highest BCUT2D eigenvalue weighted by Gasteiger charge is 2.21. The molecule has 0 spiro atoms. The van der Waals surface area contributed by atoms with E-state index in [1.165, 1.54) is 0 Å². The summed E-state index contributed by atoms with van der Waals surface area (Å²) in [5.41, 5.74) is 17.3. The first-order valence-corrected chi connectivity index (χ1v) is 9.77. The molecule has 0 saturated carbocycles. The lowest BCUT2D eigenvalue weighted by molar-refractivity contribution is 0.660. The summed E-state index contributed by atoms with van der Waals surface area (Å²) in [7, 11) is 1.88. The predicted molar refractivity (Wildman–Crippen MR) is 112 cm³/mol. The number of nitrogens with zero attached hydrogens (tertiary/aromatic N) is 6. The molecule has 0 aliphatic rings. The van der Waals surface area contributed by atoms with Gasteiger partial charge in [-0.2, -0.15) is 10.2 Å². The van der Waals surface area contributed by atoms with E-state index in [1.54, 1.807) is 22.2 Å². The number of fused-ring (bicyclic) bond motifs is 1. The molecule has 0 aliphatic heterocycles. The van der Waals surface area contributed by atoms with Crippen molar-refractivity contribution in [2.24, 2.45) is 18.5 Å². The number of pyridine rings is 1. The van der Waals surface area contributed by atoms with Crippen molar-refractivity contribution in [2.45, 2.75) is 26.9 Å². The number of hydrogen-bond donors (Lipinski definition) is 2. The topological polar surface area (TPSA) is 113 Å². The fourth-order valence-electron chi connectivity index (χ4n) is 3.23. The lowest BCUT2D eigenvalue weighted by Gasteiger charge is -2.07. The van der Waals surface area contributed by atoms with Crippen LogP contribution in [0.2, 0.25) is 0 Å². The molecule has 0 fully saturated rings. The van der Waals surface area contributed by atoms with Gasteiger partial charge in [-0.05, 0) is 26.0 Å². The fraction of sp³-hybridized carbons (Fsp3) is 0.263. The third kappa shape index (κ3) is 2.88. The van der Waals surface area contributed by atoms with Crippen LogP contribution in [-0.4, -0.2) is 29.5 Å². The number of aromatic nitrogens is 6. The lowest BCUT2D eigenvalue weighted by atomic mass is 10.1. The van der Waals surface area contributed by atoms with Gasteiger partial charge in [-0.25, -0.2) is 9.97 Å². The Bertz CT molecular complexity index is 1200. The fourth-order valence-corrected chi connectivity index (χ4v) is 4.19. The van der Waals surface area contributed by atoms with Gasteiger partial charge in [-0.15, -0.1) is 11.3 Å². The second kappa shape index (κ2) is 6.84. The largest absolute Gasteiger partial charge is 0.397 e. The van der Waals surface area contributed by atoms with Gasteiger partial charge < -0.3 is 11.5 Å². The molecule has 0 aliphatic carbocycles. The van der Waals surface area contributed by atoms with E-state index in [0.717, 1.165) is 50.1 Å². The Balaban J connectivity index is 1.97. The van der Waals surface area contributed by atoms with Crippen LogP contribution in [-0.2, 0) is 20.1 Å². The monoisotopic (exact) mass is 394 g/mol. The molecular formula is C19H22N8S. The molecule has 0 saturated heterocycles. The maximum absolute atomic E-state index is 6.06. The zero-order valence-electron chi connectivity index (χ0n) is 16.1. The van der Waals surface area contributed by atoms with E-state index in [0.29, 0.717) is 17.9 Å². The van der Waals surface area contributed by atoms with Crippen LogP contribution in [0.25, 0.3) is 38.7 Å². The number of aryl methyl sites for hydroxylation is 3. The van der Waals surface area contributed by atoms with E-state index >= 15 is 0 Å². The zero-order valence-corrected chi connectivity index (χ0v) is 16.9. The lowest BCUT2D eigenvalue weighted by Crippen LogP contribution is -2.02. The van der Waals surface area contributed by atoms with Crippen LogP contribution in [0.3, 0.4) is 0 Å². The first-order valence-electron chi connectivity index (χ1n) is 8.95. The van der Waals surface area contributed by atoms with Gasteiger partial charge in [-0.1, -0.05) is 6.58 Å². The Morgan fingerprint density at radius 1 is 1.25 bits per heavy atom. The van der Waals surface area contributed by atoms with E-state index in [2.05, 4.69) is 23.7 Å². The zero-order chi connectivity index (χ0) is 20.0. The summed E-state index contributed by atoms with van der Waals surface area (Å²) in [5, 5.41) is 10.7. The molecule has 0 bridgehead atoms. The van der Waals surface area contributed by atoms with Gasteiger partial charge >= 0.3 is 0 Å². The molecule has 0 amide bonds. The van der Waals surface area contributed by atoms with Crippen molar-refractivity contribution < 1.29 is 0 Å². The molecule has 0 atom stereocenters. The smallest absolute Gasteiger partial charge is 0.142 e. The highest BCUT2D eigenvalue weighted by molar-refractivity contribution is 7.15. The van der Waals surface area contributed by atoms with Gasteiger partial charge in [0, 0.05) is 30.4 Å². The quantitative estimate of drug-likeness (QED) is 0.538. The van der Waals surface area contributed by atoms with Crippen LogP contribution < -0.4 is 11.5 Å². The van der Waals surface area contributed by atoms with Crippen LogP contribution in [0.5, 0.6) is 0 Å². The summed E-state index contributed by atoms with van der Waals surface area (Å²) in [6.07, 6.45) is 1.79. The molecule has 4 heterocycles. The molecule has 0 aromatic carbocycles. The average Bonchev–Trinajstić information content (AvgIpc) is 3.37. The molecule has 0 unspecified atom stereocenters. The molecule has 144 valence electrons. The van der Waals surface area contributed by atoms with Crippen molar-refractivity contribution in [1.29, 1.82) is 0 Å². The third-order valence-corrected chi connectivity index (χ3v) is 5.70. The molecule has 28 heavy (non-hydrogen) atoms. The number of rotatable bonds is 5. The number of thiazole rings is 1. The molecule has 8 nitrogen and oxygen atoms in total.